The lowest BCUT2D eigenvalue weighted by molar-refractivity contribution is 0.247. The van der Waals surface area contributed by atoms with Gasteiger partial charge in [-0.1, -0.05) is 0 Å². The molecular weight excluding hydrogens is 188 g/mol. The summed E-state index contributed by atoms with van der Waals surface area (Å²) in [5.41, 5.74) is 0. The van der Waals surface area contributed by atoms with Crippen LogP contribution in [0.4, 0.5) is 0 Å². The molecule has 2 rings (SSSR count). The summed E-state index contributed by atoms with van der Waals surface area (Å²) in [6.07, 6.45) is 3.91. The van der Waals surface area contributed by atoms with Gasteiger partial charge in [-0.2, -0.15) is 0 Å². The monoisotopic (exact) mass is 210 g/mol. The van der Waals surface area contributed by atoms with Crippen LogP contribution in [0, 0.1) is 0 Å². The minimum absolute atomic E-state index is 0.587. The second-order valence-electron chi connectivity index (χ2n) is 4.64. The molecular formula is C11H22N4. The van der Waals surface area contributed by atoms with Gasteiger partial charge in [0.25, 0.3) is 0 Å². The molecule has 0 saturated heterocycles. The molecule has 1 fully saturated rings. The maximum absolute atomic E-state index is 4.40. The summed E-state index contributed by atoms with van der Waals surface area (Å²) >= 11 is 0. The summed E-state index contributed by atoms with van der Waals surface area (Å²) in [7, 11) is 2.22. The van der Waals surface area contributed by atoms with E-state index in [4.69, 9.17) is 0 Å². The molecule has 1 saturated carbocycles. The van der Waals surface area contributed by atoms with Crippen molar-refractivity contribution in [2.75, 3.05) is 26.7 Å². The highest BCUT2D eigenvalue weighted by atomic mass is 15.2. The highest BCUT2D eigenvalue weighted by Crippen LogP contribution is 2.26. The second kappa shape index (κ2) is 4.84. The van der Waals surface area contributed by atoms with Crippen molar-refractivity contribution in [3.05, 3.63) is 0 Å². The zero-order valence-electron chi connectivity index (χ0n) is 9.79. The molecule has 0 spiro atoms. The summed E-state index contributed by atoms with van der Waals surface area (Å²) < 4.78 is 0. The third kappa shape index (κ3) is 3.09. The Morgan fingerprint density at radius 1 is 1.60 bits per heavy atom. The highest BCUT2D eigenvalue weighted by Gasteiger charge is 2.28. The number of hydrogen-bond acceptors (Lipinski definition) is 4. The van der Waals surface area contributed by atoms with Gasteiger partial charge in [0.1, 0.15) is 0 Å². The topological polar surface area (TPSA) is 39.7 Å². The van der Waals surface area contributed by atoms with Gasteiger partial charge < -0.3 is 10.6 Å². The van der Waals surface area contributed by atoms with Crippen molar-refractivity contribution in [2.24, 2.45) is 4.99 Å². The third-order valence-corrected chi connectivity index (χ3v) is 3.28. The Morgan fingerprint density at radius 3 is 3.00 bits per heavy atom. The van der Waals surface area contributed by atoms with Crippen molar-refractivity contribution in [2.45, 2.75) is 38.3 Å². The highest BCUT2D eigenvalue weighted by molar-refractivity contribution is 5.80. The first-order valence-electron chi connectivity index (χ1n) is 6.01. The van der Waals surface area contributed by atoms with E-state index in [1.54, 1.807) is 0 Å². The largest absolute Gasteiger partial charge is 0.356 e. The number of likely N-dealkylation sites (N-methyl/N-ethyl adjacent to an activating group) is 1. The van der Waals surface area contributed by atoms with Crippen LogP contribution in [0.1, 0.15) is 26.2 Å². The Balaban J connectivity index is 1.69. The number of guanidine groups is 1. The molecule has 0 bridgehead atoms. The molecule has 86 valence electrons. The summed E-state index contributed by atoms with van der Waals surface area (Å²) in [6, 6.07) is 1.42. The lowest BCUT2D eigenvalue weighted by Gasteiger charge is -2.26. The van der Waals surface area contributed by atoms with Crippen molar-refractivity contribution in [3.8, 4) is 0 Å². The lowest BCUT2D eigenvalue weighted by Crippen LogP contribution is -2.46. The van der Waals surface area contributed by atoms with E-state index >= 15 is 0 Å². The molecule has 0 radical (unpaired) electrons. The summed E-state index contributed by atoms with van der Waals surface area (Å²) in [4.78, 5) is 6.87. The smallest absolute Gasteiger partial charge is 0.191 e. The lowest BCUT2D eigenvalue weighted by atomic mass is 10.3. The quantitative estimate of drug-likeness (QED) is 0.706. The molecule has 4 nitrogen and oxygen atoms in total. The van der Waals surface area contributed by atoms with Crippen LogP contribution in [0.5, 0.6) is 0 Å². The fraction of sp³-hybridized carbons (Fsp3) is 0.909. The van der Waals surface area contributed by atoms with Crippen LogP contribution in [0.15, 0.2) is 4.99 Å². The van der Waals surface area contributed by atoms with E-state index in [1.807, 2.05) is 0 Å². The van der Waals surface area contributed by atoms with Crippen LogP contribution in [0.3, 0.4) is 0 Å². The first kappa shape index (κ1) is 10.7. The van der Waals surface area contributed by atoms with Gasteiger partial charge in [0.2, 0.25) is 0 Å². The van der Waals surface area contributed by atoms with Crippen molar-refractivity contribution in [3.63, 3.8) is 0 Å². The van der Waals surface area contributed by atoms with Gasteiger partial charge in [-0.05, 0) is 33.2 Å². The number of nitrogens with one attached hydrogen (secondary N) is 2. The van der Waals surface area contributed by atoms with Crippen LogP contribution < -0.4 is 10.6 Å². The van der Waals surface area contributed by atoms with Gasteiger partial charge in [-0.15, -0.1) is 0 Å². The molecule has 2 aliphatic rings. The molecule has 4 heteroatoms. The van der Waals surface area contributed by atoms with Crippen molar-refractivity contribution in [1.29, 1.82) is 0 Å². The predicted octanol–water partition coefficient (Wildman–Crippen LogP) is 0.408. The zero-order chi connectivity index (χ0) is 10.7. The van der Waals surface area contributed by atoms with Crippen LogP contribution >= 0.6 is 0 Å². The minimum atomic E-state index is 0.587. The van der Waals surface area contributed by atoms with E-state index < -0.39 is 0 Å². The van der Waals surface area contributed by atoms with E-state index in [9.17, 15) is 0 Å². The first-order valence-corrected chi connectivity index (χ1v) is 6.01. The Labute approximate surface area is 92.1 Å². The summed E-state index contributed by atoms with van der Waals surface area (Å²) in [5, 5.41) is 6.66. The molecule has 0 aromatic carbocycles. The SMILES string of the molecule is CC(CNC1=NCCCN1)N(C)C1CC1. The first-order chi connectivity index (χ1) is 7.27. The average molecular weight is 210 g/mol. The van der Waals surface area contributed by atoms with Crippen molar-refractivity contribution < 1.29 is 0 Å². The summed E-state index contributed by atoms with van der Waals surface area (Å²) in [6.45, 7) is 5.27. The van der Waals surface area contributed by atoms with Crippen LogP contribution in [-0.2, 0) is 0 Å². The molecule has 0 aromatic heterocycles. The maximum atomic E-state index is 4.40. The Hall–Kier alpha value is -0.770. The number of aliphatic imine (C=N–C) groups is 1. The van der Waals surface area contributed by atoms with Gasteiger partial charge in [0.15, 0.2) is 5.96 Å². The number of hydrogen-bond donors (Lipinski definition) is 2. The molecule has 1 atom stereocenters. The molecule has 0 aromatic rings. The van der Waals surface area contributed by atoms with Crippen molar-refractivity contribution >= 4 is 5.96 Å². The van der Waals surface area contributed by atoms with Gasteiger partial charge >= 0.3 is 0 Å². The normalized spacial score (nSPS) is 23.3. The van der Waals surface area contributed by atoms with Crippen LogP contribution in [-0.4, -0.2) is 49.6 Å². The fourth-order valence-electron chi connectivity index (χ4n) is 1.88. The van der Waals surface area contributed by atoms with Crippen molar-refractivity contribution in [1.82, 2.24) is 15.5 Å². The average Bonchev–Trinajstić information content (AvgIpc) is 3.10. The molecule has 0 amide bonds. The van der Waals surface area contributed by atoms with Gasteiger partial charge in [-0.25, -0.2) is 0 Å². The Bertz CT molecular complexity index is 235. The molecule has 15 heavy (non-hydrogen) atoms. The fourth-order valence-corrected chi connectivity index (χ4v) is 1.88. The van der Waals surface area contributed by atoms with E-state index in [2.05, 4.69) is 34.5 Å². The van der Waals surface area contributed by atoms with E-state index in [0.29, 0.717) is 6.04 Å². The molecule has 1 heterocycles. The van der Waals surface area contributed by atoms with E-state index in [0.717, 1.165) is 38.1 Å². The molecule has 1 aliphatic heterocycles. The predicted molar refractivity (Wildman–Crippen MR) is 63.2 cm³/mol. The Kier molecular flexibility index (Phi) is 3.46. The van der Waals surface area contributed by atoms with Gasteiger partial charge in [0.05, 0.1) is 0 Å². The van der Waals surface area contributed by atoms with E-state index in [1.165, 1.54) is 12.8 Å². The number of nitrogens with zero attached hydrogens (tertiary/aromatic N) is 2. The van der Waals surface area contributed by atoms with Crippen LogP contribution in [0.25, 0.3) is 0 Å². The van der Waals surface area contributed by atoms with Gasteiger partial charge in [0, 0.05) is 31.7 Å². The third-order valence-electron chi connectivity index (χ3n) is 3.28. The minimum Gasteiger partial charge on any atom is -0.356 e. The molecule has 2 N–H and O–H groups in total. The van der Waals surface area contributed by atoms with Crippen LogP contribution in [0.2, 0.25) is 0 Å². The standard InChI is InChI=1S/C11H22N4/c1-9(15(2)10-4-5-10)8-14-11-12-6-3-7-13-11/h9-10H,3-8H2,1-2H3,(H2,12,13,14). The number of rotatable bonds is 4. The molecule has 1 unspecified atom stereocenters. The Morgan fingerprint density at radius 2 is 2.40 bits per heavy atom. The van der Waals surface area contributed by atoms with Gasteiger partial charge in [-0.3, -0.25) is 9.89 Å². The second-order valence-corrected chi connectivity index (χ2v) is 4.64. The summed E-state index contributed by atoms with van der Waals surface area (Å²) in [5.74, 6) is 0.984. The zero-order valence-corrected chi connectivity index (χ0v) is 9.79. The molecule has 1 aliphatic carbocycles. The maximum Gasteiger partial charge on any atom is 0.191 e. The van der Waals surface area contributed by atoms with E-state index in [-0.39, 0.29) is 0 Å².